The summed E-state index contributed by atoms with van der Waals surface area (Å²) in [5.41, 5.74) is 0. The minimum atomic E-state index is 0. The molecule has 0 heterocycles. The third-order valence-electron chi connectivity index (χ3n) is 0. The number of rotatable bonds is 0. The van der Waals surface area contributed by atoms with Crippen LogP contribution in [0.25, 0.3) is 0 Å². The summed E-state index contributed by atoms with van der Waals surface area (Å²) >= 11 is 0. The second kappa shape index (κ2) is 1060. The molecule has 0 N–H and O–H groups in total. The van der Waals surface area contributed by atoms with Crippen LogP contribution < -0.4 is 0 Å². The Morgan fingerprint density at radius 1 is 0.0106 bits per heavy atom. The van der Waals surface area contributed by atoms with Crippen LogP contribution in [-0.4, -0.2) is 0 Å². The molecule has 0 atom stereocenters. The molecule has 0 bridgehead atoms. The molecule has 94 radical (unpaired) electrons. The molecule has 0 aliphatic heterocycles. The maximum absolute atomic E-state index is 0. The van der Waals surface area contributed by atoms with Crippen molar-refractivity contribution in [3.05, 3.63) is 0 Å². The maximum atomic E-state index is 0. The predicted molar refractivity (Wildman–Crippen MR) is 0 cm³/mol. The van der Waals surface area contributed by atoms with Gasteiger partial charge in [-0.05, 0) is 0 Å². The van der Waals surface area contributed by atoms with Crippen LogP contribution in [0.5, 0.6) is 0 Å². The van der Waals surface area contributed by atoms with Crippen LogP contribution in [0.2, 0.25) is 0 Å². The summed E-state index contributed by atoms with van der Waals surface area (Å²) in [6.45, 7) is 0. The van der Waals surface area contributed by atoms with Gasteiger partial charge in [0.05, 0.1) is 0 Å². The van der Waals surface area contributed by atoms with Crippen molar-refractivity contribution >= 4 is 0 Å². The zero-order chi connectivity index (χ0) is 0. The molecule has 0 nitrogen and oxygen atoms in total. The molecule has 94 heteroatoms. The molecule has 0 aromatic carbocycles. The summed E-state index contributed by atoms with van der Waals surface area (Å²) in [7, 11) is 0. The van der Waals surface area contributed by atoms with E-state index in [-0.39, 0.29) is 1740 Å². The number of hydrogen-bond donors (Lipinski definition) is 0. The fourth-order valence-corrected chi connectivity index (χ4v) is 0. The van der Waals surface area contributed by atoms with E-state index in [1.54, 1.807) is 0 Å². The molecule has 0 aliphatic carbocycles. The van der Waals surface area contributed by atoms with Gasteiger partial charge in [0.15, 0.2) is 0 Å². The van der Waals surface area contributed by atoms with Crippen LogP contribution in [0.3, 0.4) is 0 Å². The fourth-order valence-electron chi connectivity index (χ4n) is 0. The molecule has 0 aliphatic rings. The van der Waals surface area contributed by atoms with Crippen LogP contribution >= 0.6 is 0 Å². The molecule has 470 valence electrons. The van der Waals surface area contributed by atoms with E-state index in [2.05, 4.69) is 0 Å². The first kappa shape index (κ1) is 1080. The van der Waals surface area contributed by atoms with E-state index in [0.717, 1.165) is 0 Å². The van der Waals surface area contributed by atoms with Crippen molar-refractivity contribution < 1.29 is 1740 Å². The Morgan fingerprint density at radius 2 is 0.0106 bits per heavy atom. The molecule has 0 saturated carbocycles. The molecule has 0 aromatic rings. The summed E-state index contributed by atoms with van der Waals surface area (Å²) in [5.74, 6) is 0. The van der Waals surface area contributed by atoms with Gasteiger partial charge in [-0.1, -0.05) is 0 Å². The van der Waals surface area contributed by atoms with Gasteiger partial charge in [-0.3, -0.25) is 0 Å². The van der Waals surface area contributed by atoms with Crippen LogP contribution in [0.15, 0.2) is 0 Å². The molecule has 94 heavy (non-hydrogen) atoms. The zero-order valence-corrected chi connectivity index (χ0v) is 173. The van der Waals surface area contributed by atoms with Gasteiger partial charge in [0, 0.05) is 1740 Å². The van der Waals surface area contributed by atoms with Gasteiger partial charge in [-0.2, -0.15) is 0 Å². The molecule has 0 aromatic heterocycles. The van der Waals surface area contributed by atoms with Gasteiger partial charge in [0.1, 0.15) is 0 Å². The summed E-state index contributed by atoms with van der Waals surface area (Å²) in [4.78, 5) is 0. The van der Waals surface area contributed by atoms with Gasteiger partial charge < -0.3 is 0 Å². The Labute approximate surface area is 1690 Å². The average molecular weight is 4790 g/mol. The Morgan fingerprint density at radius 3 is 0.0106 bits per heavy atom. The minimum Gasteiger partial charge on any atom is 0 e. The van der Waals surface area contributed by atoms with Crippen molar-refractivity contribution in [1.29, 1.82) is 0 Å². The van der Waals surface area contributed by atoms with E-state index in [4.69, 9.17) is 0 Å². The van der Waals surface area contributed by atoms with Crippen molar-refractivity contribution in [2.75, 3.05) is 0 Å². The van der Waals surface area contributed by atoms with Crippen LogP contribution in [-0.2, 0) is 1740 Å². The Balaban J connectivity index is 0. The fraction of sp³-hybridized carbons (Fsp3) is 0. The van der Waals surface area contributed by atoms with Crippen LogP contribution in [0.4, 0.5) is 0 Å². The zero-order valence-electron chi connectivity index (χ0n) is 42.0. The molecule has 0 saturated heterocycles. The Kier molecular flexibility index (Phi) is 12200. The van der Waals surface area contributed by atoms with Crippen molar-refractivity contribution in [3.8, 4) is 0 Å². The molecule has 0 fully saturated rings. The van der Waals surface area contributed by atoms with E-state index in [1.165, 1.54) is 0 Å². The third kappa shape index (κ3) is 1040. The SMILES string of the molecule is [V].[V].[V].[V].[V].[V].[V].[V].[V].[V].[V].[V].[V].[V].[V].[V].[V].[V].[V].[V].[V].[V].[V].[V].[V].[V].[V].[V].[V].[V].[V].[V].[V].[V].[V].[V].[V].[V].[V].[V].[V].[V].[V].[V].[V].[V].[V].[V].[V].[V].[V].[V].[V].[V].[V].[V].[V].[V].[V].[V].[V].[V].[V].[V].[V].[V].[V].[V].[V].[V].[V].[V].[V].[V].[V].[V].[V].[V].[V].[V].[V].[V].[V].[V].[V].[V].[V].[V].[V].[V].[V].[V].[V].[V]. The first-order valence-electron chi connectivity index (χ1n) is 0. The van der Waals surface area contributed by atoms with E-state index in [0.29, 0.717) is 0 Å². The van der Waals surface area contributed by atoms with Gasteiger partial charge in [-0.25, -0.2) is 0 Å². The first-order chi connectivity index (χ1) is 0. The van der Waals surface area contributed by atoms with Crippen molar-refractivity contribution in [1.82, 2.24) is 0 Å². The smallest absolute Gasteiger partial charge is 0 e. The van der Waals surface area contributed by atoms with E-state index >= 15 is 0 Å². The van der Waals surface area contributed by atoms with E-state index in [1.807, 2.05) is 0 Å². The topological polar surface area (TPSA) is 0 Å². The first-order valence-corrected chi connectivity index (χ1v) is 0. The Hall–Kier alpha value is 54.9. The Bertz CT molecular complexity index is 0. The summed E-state index contributed by atoms with van der Waals surface area (Å²) in [6.07, 6.45) is 0. The predicted octanol–water partition coefficient (Wildman–Crippen LogP) is -0.235. The largest absolute Gasteiger partial charge is 0 e. The normalized spacial score (nSPS) is 0. The van der Waals surface area contributed by atoms with Gasteiger partial charge >= 0.3 is 0 Å². The summed E-state index contributed by atoms with van der Waals surface area (Å²) in [6, 6.07) is 0. The van der Waals surface area contributed by atoms with Crippen molar-refractivity contribution in [3.63, 3.8) is 0 Å². The minimum absolute atomic E-state index is 0. The molecule has 0 unspecified atom stereocenters. The molecule has 0 spiro atoms. The van der Waals surface area contributed by atoms with Gasteiger partial charge in [0.2, 0.25) is 0 Å². The quantitative estimate of drug-likeness (QED) is 0.315. The molecular formula is V94. The second-order valence-corrected chi connectivity index (χ2v) is 0. The van der Waals surface area contributed by atoms with Crippen molar-refractivity contribution in [2.45, 2.75) is 0 Å². The van der Waals surface area contributed by atoms with E-state index < -0.39 is 0 Å². The monoisotopic (exact) mass is 4790 g/mol. The van der Waals surface area contributed by atoms with Crippen LogP contribution in [0, 0.1) is 0 Å². The van der Waals surface area contributed by atoms with Gasteiger partial charge in [-0.15, -0.1) is 0 Å². The van der Waals surface area contributed by atoms with Crippen molar-refractivity contribution in [2.24, 2.45) is 0 Å². The second-order valence-electron chi connectivity index (χ2n) is 0. The maximum Gasteiger partial charge on any atom is 0 e. The standard InChI is InChI=1S/94V. The molecule has 0 amide bonds. The number of hydrogen-bond acceptors (Lipinski definition) is 0. The molecular weight excluding hydrogens is 4790 g/mol. The van der Waals surface area contributed by atoms with E-state index in [9.17, 15) is 0 Å². The van der Waals surface area contributed by atoms with Crippen LogP contribution in [0.1, 0.15) is 0 Å². The summed E-state index contributed by atoms with van der Waals surface area (Å²) < 4.78 is 0. The molecule has 0 rings (SSSR count). The third-order valence-corrected chi connectivity index (χ3v) is 0. The van der Waals surface area contributed by atoms with Gasteiger partial charge in [0.25, 0.3) is 0 Å². The average Bonchev–Trinajstić information content (AvgIpc) is 0. The summed E-state index contributed by atoms with van der Waals surface area (Å²) in [5, 5.41) is 0.